The number of rotatable bonds is 6. The van der Waals surface area contributed by atoms with Crippen molar-refractivity contribution in [2.45, 2.75) is 134 Å². The quantitative estimate of drug-likeness (QED) is 0.419. The number of ether oxygens (including phenoxy) is 4. The maximum absolute atomic E-state index is 13.8. The van der Waals surface area contributed by atoms with Crippen LogP contribution in [0.1, 0.15) is 110 Å². The molecule has 9 heteroatoms. The van der Waals surface area contributed by atoms with Crippen molar-refractivity contribution in [3.63, 3.8) is 0 Å². The van der Waals surface area contributed by atoms with E-state index in [9.17, 15) is 19.2 Å². The molecule has 9 rings (SSSR count). The standard InChI is InChI=1S/C36H51NO8/c1-20-11-35(37)7-3-4-26(17-35)36(20)44-28(18-42-31(40)33(2)12-21-5-6-27(38)23(8-21)14-33)29(45-36)19-43-32(41)34-13-22-9-24(15-34)30(39)25(10-22)16-34/h20-26,28-29H,3-19,37H2,1-2H3. The number of fused-ring (bicyclic) bond motifs is 5. The van der Waals surface area contributed by atoms with E-state index in [1.54, 1.807) is 0 Å². The van der Waals surface area contributed by atoms with Gasteiger partial charge in [0, 0.05) is 41.5 Å². The molecule has 1 saturated heterocycles. The fourth-order valence-electron chi connectivity index (χ4n) is 12.1. The molecule has 0 aromatic rings. The van der Waals surface area contributed by atoms with Crippen molar-refractivity contribution in [2.24, 2.45) is 58.0 Å². The minimum atomic E-state index is -0.858. The molecule has 8 aliphatic carbocycles. The number of hydrogen-bond acceptors (Lipinski definition) is 9. The summed E-state index contributed by atoms with van der Waals surface area (Å²) in [6.07, 6.45) is 10.9. The lowest BCUT2D eigenvalue weighted by atomic mass is 9.49. The molecular formula is C36H51NO8. The van der Waals surface area contributed by atoms with E-state index in [1.165, 1.54) is 0 Å². The van der Waals surface area contributed by atoms with E-state index in [1.807, 2.05) is 6.92 Å². The smallest absolute Gasteiger partial charge is 0.312 e. The Morgan fingerprint density at radius 3 is 2.20 bits per heavy atom. The lowest BCUT2D eigenvalue weighted by Gasteiger charge is -2.54. The van der Waals surface area contributed by atoms with Crippen molar-refractivity contribution < 1.29 is 38.1 Å². The first-order valence-electron chi connectivity index (χ1n) is 17.9. The van der Waals surface area contributed by atoms with E-state index in [0.29, 0.717) is 43.3 Å². The van der Waals surface area contributed by atoms with Crippen LogP contribution >= 0.6 is 0 Å². The highest BCUT2D eigenvalue weighted by atomic mass is 16.8. The Labute approximate surface area is 266 Å². The van der Waals surface area contributed by atoms with Crippen LogP contribution in [0, 0.1) is 52.3 Å². The summed E-state index contributed by atoms with van der Waals surface area (Å²) in [6, 6.07) is 0. The Kier molecular flexibility index (Phi) is 7.17. The molecule has 0 aromatic heterocycles. The van der Waals surface area contributed by atoms with Gasteiger partial charge in [0.15, 0.2) is 5.79 Å². The number of esters is 2. The van der Waals surface area contributed by atoms with Crippen LogP contribution in [0.5, 0.6) is 0 Å². The maximum atomic E-state index is 13.8. The van der Waals surface area contributed by atoms with Gasteiger partial charge in [-0.2, -0.15) is 0 Å². The summed E-state index contributed by atoms with van der Waals surface area (Å²) in [4.78, 5) is 52.7. The Bertz CT molecular complexity index is 1260. The zero-order chi connectivity index (χ0) is 31.4. The van der Waals surface area contributed by atoms with Gasteiger partial charge in [-0.3, -0.25) is 19.2 Å². The molecule has 0 radical (unpaired) electrons. The lowest BCUT2D eigenvalue weighted by Crippen LogP contribution is -2.61. The zero-order valence-corrected chi connectivity index (χ0v) is 27.1. The van der Waals surface area contributed by atoms with Crippen molar-refractivity contribution in [2.75, 3.05) is 13.2 Å². The highest BCUT2D eigenvalue weighted by Gasteiger charge is 2.63. The second-order valence-electron chi connectivity index (χ2n) is 17.3. The summed E-state index contributed by atoms with van der Waals surface area (Å²) < 4.78 is 25.9. The van der Waals surface area contributed by atoms with Gasteiger partial charge >= 0.3 is 11.9 Å². The molecule has 8 bridgehead atoms. The molecule has 0 amide bonds. The predicted molar refractivity (Wildman–Crippen MR) is 161 cm³/mol. The van der Waals surface area contributed by atoms with Crippen LogP contribution in [0.2, 0.25) is 0 Å². The van der Waals surface area contributed by atoms with Gasteiger partial charge in [-0.05, 0) is 102 Å². The zero-order valence-electron chi connectivity index (χ0n) is 27.1. The molecule has 9 nitrogen and oxygen atoms in total. The van der Waals surface area contributed by atoms with Crippen LogP contribution in [0.25, 0.3) is 0 Å². The summed E-state index contributed by atoms with van der Waals surface area (Å²) >= 11 is 0. The Balaban J connectivity index is 0.987. The summed E-state index contributed by atoms with van der Waals surface area (Å²) in [5.41, 5.74) is 5.33. The average molecular weight is 626 g/mol. The van der Waals surface area contributed by atoms with Crippen molar-refractivity contribution in [3.05, 3.63) is 0 Å². The predicted octanol–water partition coefficient (Wildman–Crippen LogP) is 4.66. The first kappa shape index (κ1) is 30.5. The molecule has 45 heavy (non-hydrogen) atoms. The summed E-state index contributed by atoms with van der Waals surface area (Å²) in [5.74, 6) is 0.175. The minimum absolute atomic E-state index is 0.00723. The molecule has 1 spiro atoms. The number of carbonyl (C=O) groups is 4. The minimum Gasteiger partial charge on any atom is -0.462 e. The molecule has 1 aliphatic heterocycles. The largest absolute Gasteiger partial charge is 0.462 e. The van der Waals surface area contributed by atoms with Gasteiger partial charge in [-0.15, -0.1) is 0 Å². The average Bonchev–Trinajstić information content (AvgIpc) is 3.37. The first-order chi connectivity index (χ1) is 21.4. The van der Waals surface area contributed by atoms with Crippen LogP contribution < -0.4 is 5.73 Å². The van der Waals surface area contributed by atoms with E-state index >= 15 is 0 Å². The van der Waals surface area contributed by atoms with Crippen LogP contribution in [-0.4, -0.2) is 60.3 Å². The fraction of sp³-hybridized carbons (Fsp3) is 0.889. The number of nitrogens with two attached hydrogens (primary N) is 1. The van der Waals surface area contributed by atoms with Crippen molar-refractivity contribution in [1.29, 1.82) is 0 Å². The normalized spacial score (nSPS) is 51.4. The van der Waals surface area contributed by atoms with Crippen molar-refractivity contribution in [3.8, 4) is 0 Å². The Hall–Kier alpha value is -1.84. The number of hydrogen-bond donors (Lipinski definition) is 1. The Morgan fingerprint density at radius 2 is 1.49 bits per heavy atom. The highest BCUT2D eigenvalue weighted by molar-refractivity contribution is 5.89. The van der Waals surface area contributed by atoms with Gasteiger partial charge in [0.05, 0.1) is 10.8 Å². The second kappa shape index (κ2) is 10.6. The third-order valence-electron chi connectivity index (χ3n) is 13.9. The monoisotopic (exact) mass is 625 g/mol. The molecular weight excluding hydrogens is 574 g/mol. The number of Topliss-reactive ketones (excluding diaryl/α,β-unsaturated/α-hetero) is 2. The van der Waals surface area contributed by atoms with E-state index in [0.717, 1.165) is 70.6 Å². The van der Waals surface area contributed by atoms with Gasteiger partial charge in [-0.1, -0.05) is 13.3 Å². The summed E-state index contributed by atoms with van der Waals surface area (Å²) in [7, 11) is 0. The molecule has 2 N–H and O–H groups in total. The van der Waals surface area contributed by atoms with Crippen molar-refractivity contribution in [1.82, 2.24) is 0 Å². The molecule has 248 valence electrons. The third kappa shape index (κ3) is 4.95. The molecule has 0 aromatic carbocycles. The van der Waals surface area contributed by atoms with Crippen LogP contribution in [-0.2, 0) is 38.1 Å². The fourth-order valence-corrected chi connectivity index (χ4v) is 12.1. The number of ketones is 2. The number of carbonyl (C=O) groups excluding carboxylic acids is 4. The van der Waals surface area contributed by atoms with E-state index in [2.05, 4.69) is 6.92 Å². The van der Waals surface area contributed by atoms with Gasteiger partial charge in [0.25, 0.3) is 0 Å². The molecule has 8 saturated carbocycles. The molecule has 11 atom stereocenters. The first-order valence-corrected chi connectivity index (χ1v) is 17.9. The molecule has 11 unspecified atom stereocenters. The van der Waals surface area contributed by atoms with Crippen molar-refractivity contribution >= 4 is 23.5 Å². The maximum Gasteiger partial charge on any atom is 0.312 e. The van der Waals surface area contributed by atoms with Gasteiger partial charge < -0.3 is 24.7 Å². The van der Waals surface area contributed by atoms with Gasteiger partial charge in [0.2, 0.25) is 0 Å². The SMILES string of the molecule is CC1CC2(N)CCCC(C2)C12OC(COC(=O)C1(C)CC3CCC(=O)C(C3)C1)C(COC(=O)C13CC4CC(C1)C(=O)C(C4)C3)O2. The van der Waals surface area contributed by atoms with Gasteiger partial charge in [-0.25, -0.2) is 0 Å². The highest BCUT2D eigenvalue weighted by Crippen LogP contribution is 2.59. The topological polar surface area (TPSA) is 131 Å². The van der Waals surface area contributed by atoms with Crippen LogP contribution in [0.3, 0.4) is 0 Å². The van der Waals surface area contributed by atoms with E-state index in [4.69, 9.17) is 24.7 Å². The molecule has 9 fully saturated rings. The van der Waals surface area contributed by atoms with Crippen LogP contribution in [0.4, 0.5) is 0 Å². The second-order valence-corrected chi connectivity index (χ2v) is 17.3. The lowest BCUT2D eigenvalue weighted by molar-refractivity contribution is -0.274. The summed E-state index contributed by atoms with van der Waals surface area (Å²) in [5, 5.41) is 0. The Morgan fingerprint density at radius 1 is 0.822 bits per heavy atom. The van der Waals surface area contributed by atoms with Gasteiger partial charge in [0.1, 0.15) is 37.0 Å². The van der Waals surface area contributed by atoms with E-state index in [-0.39, 0.29) is 66.1 Å². The third-order valence-corrected chi connectivity index (χ3v) is 13.9. The molecule has 9 aliphatic rings. The van der Waals surface area contributed by atoms with Crippen LogP contribution in [0.15, 0.2) is 0 Å². The molecule has 1 heterocycles. The van der Waals surface area contributed by atoms with E-state index < -0.39 is 28.8 Å². The summed E-state index contributed by atoms with van der Waals surface area (Å²) in [6.45, 7) is 4.13.